The van der Waals surface area contributed by atoms with Crippen LogP contribution in [0.1, 0.15) is 23.2 Å². The van der Waals surface area contributed by atoms with E-state index in [-0.39, 0.29) is 11.9 Å². The van der Waals surface area contributed by atoms with E-state index in [1.165, 1.54) is 0 Å². The first-order valence-electron chi connectivity index (χ1n) is 9.22. The quantitative estimate of drug-likeness (QED) is 0.842. The standard InChI is InChI=1S/C19H29N3O3/c1-24-13-10-21-8-6-16(7-9-21)20-19(23)17-4-2-3-5-18(17)22-11-14-25-15-12-22/h2-5,16H,6-15H2,1H3,(H,20,23). The van der Waals surface area contributed by atoms with Crippen LogP contribution in [0.4, 0.5) is 5.69 Å². The van der Waals surface area contributed by atoms with E-state index in [2.05, 4.69) is 15.1 Å². The summed E-state index contributed by atoms with van der Waals surface area (Å²) in [6.07, 6.45) is 1.99. The molecule has 0 radical (unpaired) electrons. The summed E-state index contributed by atoms with van der Waals surface area (Å²) >= 11 is 0. The van der Waals surface area contributed by atoms with E-state index in [9.17, 15) is 4.79 Å². The number of benzene rings is 1. The molecule has 1 aromatic rings. The molecule has 0 unspecified atom stereocenters. The number of carbonyl (C=O) groups is 1. The van der Waals surface area contributed by atoms with Gasteiger partial charge in [-0.1, -0.05) is 12.1 Å². The molecular weight excluding hydrogens is 318 g/mol. The van der Waals surface area contributed by atoms with E-state index in [0.717, 1.165) is 76.6 Å². The summed E-state index contributed by atoms with van der Waals surface area (Å²) in [6, 6.07) is 8.15. The van der Waals surface area contributed by atoms with Crippen LogP contribution in [0.5, 0.6) is 0 Å². The van der Waals surface area contributed by atoms with Crippen molar-refractivity contribution in [2.75, 3.05) is 64.6 Å². The van der Waals surface area contributed by atoms with Crippen molar-refractivity contribution >= 4 is 11.6 Å². The van der Waals surface area contributed by atoms with Crippen molar-refractivity contribution in [3.8, 4) is 0 Å². The van der Waals surface area contributed by atoms with Crippen LogP contribution in [0.3, 0.4) is 0 Å². The number of methoxy groups -OCH3 is 1. The average Bonchev–Trinajstić information content (AvgIpc) is 2.68. The number of carbonyl (C=O) groups excluding carboxylic acids is 1. The van der Waals surface area contributed by atoms with E-state index in [1.807, 2.05) is 24.3 Å². The first-order valence-corrected chi connectivity index (χ1v) is 9.22. The second kappa shape index (κ2) is 9.17. The van der Waals surface area contributed by atoms with E-state index in [1.54, 1.807) is 7.11 Å². The number of piperidine rings is 1. The van der Waals surface area contributed by atoms with Gasteiger partial charge in [-0.25, -0.2) is 0 Å². The van der Waals surface area contributed by atoms with E-state index < -0.39 is 0 Å². The van der Waals surface area contributed by atoms with Crippen LogP contribution < -0.4 is 10.2 Å². The molecule has 3 rings (SSSR count). The summed E-state index contributed by atoms with van der Waals surface area (Å²) in [7, 11) is 1.74. The predicted octanol–water partition coefficient (Wildman–Crippen LogP) is 1.36. The highest BCUT2D eigenvalue weighted by Crippen LogP contribution is 2.22. The van der Waals surface area contributed by atoms with Gasteiger partial charge in [-0.3, -0.25) is 4.79 Å². The monoisotopic (exact) mass is 347 g/mol. The van der Waals surface area contributed by atoms with Gasteiger partial charge < -0.3 is 24.6 Å². The normalized spacial score (nSPS) is 19.8. The molecule has 0 spiro atoms. The zero-order valence-corrected chi connectivity index (χ0v) is 15.1. The molecule has 0 atom stereocenters. The number of amides is 1. The van der Waals surface area contributed by atoms with Crippen molar-refractivity contribution in [1.29, 1.82) is 0 Å². The average molecular weight is 347 g/mol. The van der Waals surface area contributed by atoms with Gasteiger partial charge in [0.2, 0.25) is 0 Å². The van der Waals surface area contributed by atoms with Gasteiger partial charge in [-0.2, -0.15) is 0 Å². The maximum atomic E-state index is 12.8. The Hall–Kier alpha value is -1.63. The summed E-state index contributed by atoms with van der Waals surface area (Å²) in [5.41, 5.74) is 1.78. The van der Waals surface area contributed by atoms with Crippen molar-refractivity contribution in [2.45, 2.75) is 18.9 Å². The highest BCUT2D eigenvalue weighted by molar-refractivity contribution is 6.00. The summed E-state index contributed by atoms with van der Waals surface area (Å²) in [6.45, 7) is 6.87. The molecule has 2 saturated heterocycles. The summed E-state index contributed by atoms with van der Waals surface area (Å²) < 4.78 is 10.6. The topological polar surface area (TPSA) is 54.0 Å². The molecule has 1 aromatic carbocycles. The molecule has 0 saturated carbocycles. The second-order valence-corrected chi connectivity index (χ2v) is 6.70. The van der Waals surface area contributed by atoms with Crippen molar-refractivity contribution in [1.82, 2.24) is 10.2 Å². The van der Waals surface area contributed by atoms with E-state index >= 15 is 0 Å². The number of likely N-dealkylation sites (tertiary alicyclic amines) is 1. The fourth-order valence-corrected chi connectivity index (χ4v) is 3.53. The number of anilines is 1. The minimum Gasteiger partial charge on any atom is -0.383 e. The fourth-order valence-electron chi connectivity index (χ4n) is 3.53. The predicted molar refractivity (Wildman–Crippen MR) is 98.3 cm³/mol. The molecule has 0 aromatic heterocycles. The number of nitrogens with zero attached hydrogens (tertiary/aromatic N) is 2. The van der Waals surface area contributed by atoms with Gasteiger partial charge in [0.15, 0.2) is 0 Å². The largest absolute Gasteiger partial charge is 0.383 e. The van der Waals surface area contributed by atoms with Gasteiger partial charge >= 0.3 is 0 Å². The third kappa shape index (κ3) is 4.93. The molecule has 138 valence electrons. The third-order valence-electron chi connectivity index (χ3n) is 5.03. The molecule has 2 heterocycles. The Morgan fingerprint density at radius 1 is 1.20 bits per heavy atom. The number of hydrogen-bond acceptors (Lipinski definition) is 5. The molecule has 1 N–H and O–H groups in total. The van der Waals surface area contributed by atoms with Crippen LogP contribution in [-0.4, -0.2) is 76.5 Å². The van der Waals surface area contributed by atoms with Crippen LogP contribution >= 0.6 is 0 Å². The summed E-state index contributed by atoms with van der Waals surface area (Å²) in [4.78, 5) is 17.5. The highest BCUT2D eigenvalue weighted by atomic mass is 16.5. The van der Waals surface area contributed by atoms with Crippen LogP contribution in [0.2, 0.25) is 0 Å². The van der Waals surface area contributed by atoms with Gasteiger partial charge in [-0.15, -0.1) is 0 Å². The zero-order valence-electron chi connectivity index (χ0n) is 15.1. The fraction of sp³-hybridized carbons (Fsp3) is 0.632. The molecule has 2 fully saturated rings. The van der Waals surface area contributed by atoms with Gasteiger partial charge in [-0.05, 0) is 25.0 Å². The smallest absolute Gasteiger partial charge is 0.253 e. The number of rotatable bonds is 6. The van der Waals surface area contributed by atoms with Crippen molar-refractivity contribution < 1.29 is 14.3 Å². The number of ether oxygens (including phenoxy) is 2. The van der Waals surface area contributed by atoms with Crippen molar-refractivity contribution in [2.24, 2.45) is 0 Å². The Kier molecular flexibility index (Phi) is 6.67. The Morgan fingerprint density at radius 2 is 1.92 bits per heavy atom. The lowest BCUT2D eigenvalue weighted by Crippen LogP contribution is -2.45. The maximum absolute atomic E-state index is 12.8. The Labute approximate surface area is 150 Å². The Balaban J connectivity index is 1.57. The number of para-hydroxylation sites is 1. The SMILES string of the molecule is COCCN1CCC(NC(=O)c2ccccc2N2CCOCC2)CC1. The highest BCUT2D eigenvalue weighted by Gasteiger charge is 2.23. The number of morpholine rings is 1. The number of nitrogens with one attached hydrogen (secondary N) is 1. The lowest BCUT2D eigenvalue weighted by molar-refractivity contribution is 0.0891. The Bertz CT molecular complexity index is 553. The summed E-state index contributed by atoms with van der Waals surface area (Å²) in [5.74, 6) is 0.0393. The first-order chi connectivity index (χ1) is 12.3. The molecule has 2 aliphatic heterocycles. The minimum absolute atomic E-state index is 0.0393. The summed E-state index contributed by atoms with van der Waals surface area (Å²) in [5, 5.41) is 3.24. The van der Waals surface area contributed by atoms with Crippen molar-refractivity contribution in [3.63, 3.8) is 0 Å². The van der Waals surface area contributed by atoms with Gasteiger partial charge in [0.05, 0.1) is 25.4 Å². The molecule has 0 aliphatic carbocycles. The molecule has 25 heavy (non-hydrogen) atoms. The third-order valence-corrected chi connectivity index (χ3v) is 5.03. The molecular formula is C19H29N3O3. The lowest BCUT2D eigenvalue weighted by atomic mass is 10.0. The Morgan fingerprint density at radius 3 is 2.64 bits per heavy atom. The molecule has 6 heteroatoms. The van der Waals surface area contributed by atoms with Crippen molar-refractivity contribution in [3.05, 3.63) is 29.8 Å². The van der Waals surface area contributed by atoms with E-state index in [4.69, 9.17) is 9.47 Å². The van der Waals surface area contributed by atoms with Crippen LogP contribution in [0.15, 0.2) is 24.3 Å². The van der Waals surface area contributed by atoms with Crippen LogP contribution in [0, 0.1) is 0 Å². The van der Waals surface area contributed by atoms with Gasteiger partial charge in [0.1, 0.15) is 0 Å². The molecule has 0 bridgehead atoms. The van der Waals surface area contributed by atoms with Crippen LogP contribution in [-0.2, 0) is 9.47 Å². The molecule has 1 amide bonds. The first kappa shape index (κ1) is 18.2. The van der Waals surface area contributed by atoms with Gasteiger partial charge in [0, 0.05) is 51.6 Å². The molecule has 2 aliphatic rings. The maximum Gasteiger partial charge on any atom is 0.253 e. The second-order valence-electron chi connectivity index (χ2n) is 6.70. The lowest BCUT2D eigenvalue weighted by Gasteiger charge is -2.33. The minimum atomic E-state index is 0.0393. The van der Waals surface area contributed by atoms with E-state index in [0.29, 0.717) is 0 Å². The number of hydrogen-bond donors (Lipinski definition) is 1. The van der Waals surface area contributed by atoms with Crippen LogP contribution in [0.25, 0.3) is 0 Å². The molecule has 6 nitrogen and oxygen atoms in total. The van der Waals surface area contributed by atoms with Gasteiger partial charge in [0.25, 0.3) is 5.91 Å². The zero-order chi connectivity index (χ0) is 17.5.